The topological polar surface area (TPSA) is 73.6 Å². The zero-order chi connectivity index (χ0) is 16.8. The molecule has 6 heteroatoms. The third-order valence-corrected chi connectivity index (χ3v) is 3.35. The average molecular weight is 324 g/mol. The molecule has 1 amide bonds. The van der Waals surface area contributed by atoms with Gasteiger partial charge < -0.3 is 19.2 Å². The number of aromatic nitrogens is 1. The molecule has 6 nitrogen and oxygen atoms in total. The van der Waals surface area contributed by atoms with Gasteiger partial charge in [-0.05, 0) is 24.3 Å². The second-order valence-corrected chi connectivity index (χ2v) is 4.92. The van der Waals surface area contributed by atoms with Crippen LogP contribution in [0, 0.1) is 0 Å². The fraction of sp³-hybridized carbons (Fsp3) is 0.111. The molecular formula is C18H16N2O4. The maximum atomic E-state index is 12.0. The van der Waals surface area contributed by atoms with Crippen LogP contribution in [-0.2, 0) is 6.54 Å². The summed E-state index contributed by atoms with van der Waals surface area (Å²) < 4.78 is 16.0. The third-order valence-electron chi connectivity index (χ3n) is 3.35. The average Bonchev–Trinajstić information content (AvgIpc) is 3.16. The van der Waals surface area contributed by atoms with Gasteiger partial charge in [-0.1, -0.05) is 18.2 Å². The van der Waals surface area contributed by atoms with Gasteiger partial charge in [-0.15, -0.1) is 0 Å². The van der Waals surface area contributed by atoms with Gasteiger partial charge in [0.25, 0.3) is 5.91 Å². The number of hydrogen-bond acceptors (Lipinski definition) is 5. The fourth-order valence-electron chi connectivity index (χ4n) is 2.13. The van der Waals surface area contributed by atoms with Crippen LogP contribution >= 0.6 is 0 Å². The molecule has 0 saturated heterocycles. The first-order valence-corrected chi connectivity index (χ1v) is 7.33. The highest BCUT2D eigenvalue weighted by Crippen LogP contribution is 2.31. The molecule has 0 radical (unpaired) electrons. The Morgan fingerprint density at radius 3 is 2.75 bits per heavy atom. The molecule has 2 heterocycles. The molecule has 0 fully saturated rings. The lowest BCUT2D eigenvalue weighted by atomic mass is 10.2. The van der Waals surface area contributed by atoms with E-state index < -0.39 is 0 Å². The van der Waals surface area contributed by atoms with Crippen LogP contribution in [0.4, 0.5) is 0 Å². The van der Waals surface area contributed by atoms with Crippen molar-refractivity contribution in [1.82, 2.24) is 10.3 Å². The molecule has 1 aromatic carbocycles. The van der Waals surface area contributed by atoms with Crippen LogP contribution in [0.15, 0.2) is 65.6 Å². The SMILES string of the molecule is COc1ccccc1Oc1ncccc1CNC(=O)c1ccoc1. The molecule has 0 atom stereocenters. The lowest BCUT2D eigenvalue weighted by molar-refractivity contribution is 0.0950. The highest BCUT2D eigenvalue weighted by Gasteiger charge is 2.12. The maximum Gasteiger partial charge on any atom is 0.254 e. The first-order valence-electron chi connectivity index (χ1n) is 7.33. The zero-order valence-corrected chi connectivity index (χ0v) is 13.1. The van der Waals surface area contributed by atoms with Crippen LogP contribution in [0.5, 0.6) is 17.4 Å². The number of nitrogens with one attached hydrogen (secondary N) is 1. The molecule has 3 aromatic rings. The Hall–Kier alpha value is -3.28. The molecule has 2 aromatic heterocycles. The molecule has 24 heavy (non-hydrogen) atoms. The van der Waals surface area contributed by atoms with Gasteiger partial charge in [0.15, 0.2) is 11.5 Å². The smallest absolute Gasteiger partial charge is 0.254 e. The third kappa shape index (κ3) is 3.55. The van der Waals surface area contributed by atoms with E-state index in [1.807, 2.05) is 18.2 Å². The van der Waals surface area contributed by atoms with Crippen LogP contribution in [-0.4, -0.2) is 18.0 Å². The number of benzene rings is 1. The summed E-state index contributed by atoms with van der Waals surface area (Å²) >= 11 is 0. The molecule has 0 bridgehead atoms. The molecule has 0 spiro atoms. The number of furan rings is 1. The van der Waals surface area contributed by atoms with Gasteiger partial charge in [0.1, 0.15) is 6.26 Å². The molecule has 1 N–H and O–H groups in total. The van der Waals surface area contributed by atoms with Gasteiger partial charge in [0, 0.05) is 18.3 Å². The van der Waals surface area contributed by atoms with Crippen molar-refractivity contribution < 1.29 is 18.7 Å². The normalized spacial score (nSPS) is 10.2. The molecule has 0 aliphatic heterocycles. The fourth-order valence-corrected chi connectivity index (χ4v) is 2.13. The van der Waals surface area contributed by atoms with E-state index in [0.717, 1.165) is 5.56 Å². The van der Waals surface area contributed by atoms with Crippen molar-refractivity contribution in [3.05, 3.63) is 72.3 Å². The van der Waals surface area contributed by atoms with Crippen LogP contribution in [0.1, 0.15) is 15.9 Å². The molecule has 0 unspecified atom stereocenters. The lowest BCUT2D eigenvalue weighted by Gasteiger charge is -2.12. The molecule has 122 valence electrons. The van der Waals surface area contributed by atoms with Gasteiger partial charge in [-0.2, -0.15) is 0 Å². The second-order valence-electron chi connectivity index (χ2n) is 4.92. The van der Waals surface area contributed by atoms with Gasteiger partial charge >= 0.3 is 0 Å². The van der Waals surface area contributed by atoms with Crippen LogP contribution in [0.2, 0.25) is 0 Å². The molecule has 0 aliphatic rings. The van der Waals surface area contributed by atoms with Gasteiger partial charge in [0.2, 0.25) is 5.88 Å². The Labute approximate surface area is 139 Å². The summed E-state index contributed by atoms with van der Waals surface area (Å²) in [6, 6.07) is 12.5. The van der Waals surface area contributed by atoms with E-state index in [1.165, 1.54) is 12.5 Å². The number of rotatable bonds is 6. The Kier molecular flexibility index (Phi) is 4.76. The van der Waals surface area contributed by atoms with E-state index in [9.17, 15) is 4.79 Å². The number of methoxy groups -OCH3 is 1. The monoisotopic (exact) mass is 324 g/mol. The van der Waals surface area contributed by atoms with Crippen molar-refractivity contribution in [3.8, 4) is 17.4 Å². The number of ether oxygens (including phenoxy) is 2. The van der Waals surface area contributed by atoms with E-state index in [-0.39, 0.29) is 12.5 Å². The van der Waals surface area contributed by atoms with Crippen LogP contribution < -0.4 is 14.8 Å². The number of carbonyl (C=O) groups is 1. The van der Waals surface area contributed by atoms with E-state index in [0.29, 0.717) is 22.9 Å². The number of nitrogens with zero attached hydrogens (tertiary/aromatic N) is 1. The minimum atomic E-state index is -0.226. The highest BCUT2D eigenvalue weighted by atomic mass is 16.5. The quantitative estimate of drug-likeness (QED) is 0.752. The summed E-state index contributed by atoms with van der Waals surface area (Å²) in [5.41, 5.74) is 1.21. The van der Waals surface area contributed by atoms with Gasteiger partial charge in [-0.3, -0.25) is 4.79 Å². The Morgan fingerprint density at radius 1 is 1.17 bits per heavy atom. The van der Waals surface area contributed by atoms with Crippen molar-refractivity contribution in [2.45, 2.75) is 6.54 Å². The summed E-state index contributed by atoms with van der Waals surface area (Å²) in [7, 11) is 1.58. The van der Waals surface area contributed by atoms with Crippen molar-refractivity contribution in [2.24, 2.45) is 0 Å². The predicted octanol–water partition coefficient (Wildman–Crippen LogP) is 3.41. The van der Waals surface area contributed by atoms with E-state index >= 15 is 0 Å². The maximum absolute atomic E-state index is 12.0. The number of pyridine rings is 1. The standard InChI is InChI=1S/C18H16N2O4/c1-22-15-6-2-3-7-16(15)24-18-13(5-4-9-19-18)11-20-17(21)14-8-10-23-12-14/h2-10,12H,11H2,1H3,(H,20,21). The molecule has 0 aliphatic carbocycles. The second kappa shape index (κ2) is 7.32. The number of carbonyl (C=O) groups excluding carboxylic acids is 1. The van der Waals surface area contributed by atoms with Gasteiger partial charge in [0.05, 0.1) is 18.9 Å². The van der Waals surface area contributed by atoms with E-state index in [4.69, 9.17) is 13.9 Å². The minimum absolute atomic E-state index is 0.226. The lowest BCUT2D eigenvalue weighted by Crippen LogP contribution is -2.22. The Bertz CT molecular complexity index is 815. The highest BCUT2D eigenvalue weighted by molar-refractivity contribution is 5.93. The summed E-state index contributed by atoms with van der Waals surface area (Å²) in [4.78, 5) is 16.2. The molecule has 0 saturated carbocycles. The van der Waals surface area contributed by atoms with Crippen molar-refractivity contribution in [1.29, 1.82) is 0 Å². The molecular weight excluding hydrogens is 308 g/mol. The van der Waals surface area contributed by atoms with E-state index in [2.05, 4.69) is 10.3 Å². The first kappa shape index (κ1) is 15.6. The Morgan fingerprint density at radius 2 is 2.00 bits per heavy atom. The number of hydrogen-bond donors (Lipinski definition) is 1. The minimum Gasteiger partial charge on any atom is -0.493 e. The number of para-hydroxylation sites is 2. The summed E-state index contributed by atoms with van der Waals surface area (Å²) in [6.45, 7) is 0.280. The van der Waals surface area contributed by atoms with Crippen LogP contribution in [0.3, 0.4) is 0 Å². The Balaban J connectivity index is 1.74. The largest absolute Gasteiger partial charge is 0.493 e. The summed E-state index contributed by atoms with van der Waals surface area (Å²) in [5, 5.41) is 2.81. The molecule has 3 rings (SSSR count). The van der Waals surface area contributed by atoms with E-state index in [1.54, 1.807) is 37.6 Å². The first-order chi connectivity index (χ1) is 11.8. The summed E-state index contributed by atoms with van der Waals surface area (Å²) in [6.07, 6.45) is 4.48. The van der Waals surface area contributed by atoms with Crippen LogP contribution in [0.25, 0.3) is 0 Å². The predicted molar refractivity (Wildman–Crippen MR) is 87.2 cm³/mol. The van der Waals surface area contributed by atoms with Crippen molar-refractivity contribution >= 4 is 5.91 Å². The van der Waals surface area contributed by atoms with Gasteiger partial charge in [-0.25, -0.2) is 4.98 Å². The number of amides is 1. The van der Waals surface area contributed by atoms with Crippen molar-refractivity contribution in [2.75, 3.05) is 7.11 Å². The summed E-state index contributed by atoms with van der Waals surface area (Å²) in [5.74, 6) is 1.35. The van der Waals surface area contributed by atoms with Crippen molar-refractivity contribution in [3.63, 3.8) is 0 Å². The zero-order valence-electron chi connectivity index (χ0n) is 13.1.